The average molecular weight is 401 g/mol. The van der Waals surface area contributed by atoms with Gasteiger partial charge in [0.15, 0.2) is 0 Å². The van der Waals surface area contributed by atoms with Crippen LogP contribution in [0.3, 0.4) is 0 Å². The molecule has 0 aliphatic heterocycles. The molecule has 2 N–H and O–H groups in total. The quantitative estimate of drug-likeness (QED) is 0.570. The average Bonchev–Trinajstić information content (AvgIpc) is 3.00. The summed E-state index contributed by atoms with van der Waals surface area (Å²) in [6, 6.07) is 0. The van der Waals surface area contributed by atoms with Crippen LogP contribution in [0, 0.1) is 40.4 Å². The van der Waals surface area contributed by atoms with Crippen LogP contribution in [0.4, 0.5) is 0 Å². The Morgan fingerprint density at radius 2 is 1.76 bits per heavy atom. The highest BCUT2D eigenvalue weighted by molar-refractivity contribution is 5.40. The molecule has 0 aromatic heterocycles. The molecule has 0 aromatic rings. The van der Waals surface area contributed by atoms with E-state index in [0.717, 1.165) is 24.2 Å². The van der Waals surface area contributed by atoms with Crippen molar-refractivity contribution in [1.82, 2.24) is 0 Å². The van der Waals surface area contributed by atoms with Crippen molar-refractivity contribution in [3.05, 3.63) is 23.3 Å². The highest BCUT2D eigenvalue weighted by Gasteiger charge is 2.58. The van der Waals surface area contributed by atoms with Gasteiger partial charge in [0.25, 0.3) is 0 Å². The van der Waals surface area contributed by atoms with Crippen molar-refractivity contribution in [3.8, 4) is 0 Å². The summed E-state index contributed by atoms with van der Waals surface area (Å²) in [6.45, 7) is 12.1. The minimum absolute atomic E-state index is 0.161. The summed E-state index contributed by atoms with van der Waals surface area (Å²) in [4.78, 5) is 0. The number of rotatable bonds is 5. The molecule has 4 rings (SSSR count). The summed E-state index contributed by atoms with van der Waals surface area (Å²) in [5.74, 6) is 3.64. The van der Waals surface area contributed by atoms with E-state index in [4.69, 9.17) is 0 Å². The summed E-state index contributed by atoms with van der Waals surface area (Å²) in [5, 5.41) is 21.2. The summed E-state index contributed by atoms with van der Waals surface area (Å²) in [6.07, 6.45) is 14.5. The normalized spacial score (nSPS) is 45.2. The zero-order valence-electron chi connectivity index (χ0n) is 19.5. The van der Waals surface area contributed by atoms with Crippen molar-refractivity contribution in [3.63, 3.8) is 0 Å². The predicted octanol–water partition coefficient (Wildman–Crippen LogP) is 6.28. The second kappa shape index (κ2) is 7.83. The molecule has 29 heavy (non-hydrogen) atoms. The number of aliphatic hydroxyl groups excluding tert-OH is 2. The Labute approximate surface area is 178 Å². The third kappa shape index (κ3) is 3.47. The van der Waals surface area contributed by atoms with Crippen molar-refractivity contribution in [2.24, 2.45) is 40.4 Å². The Morgan fingerprint density at radius 3 is 2.48 bits per heavy atom. The monoisotopic (exact) mass is 400 g/mol. The van der Waals surface area contributed by atoms with Crippen LogP contribution in [-0.2, 0) is 0 Å². The highest BCUT2D eigenvalue weighted by Crippen LogP contribution is 2.66. The molecule has 0 heterocycles. The Bertz CT molecular complexity index is 676. The minimum Gasteiger partial charge on any atom is -0.393 e. The predicted molar refractivity (Wildman–Crippen MR) is 120 cm³/mol. The van der Waals surface area contributed by atoms with Crippen LogP contribution < -0.4 is 0 Å². The van der Waals surface area contributed by atoms with Gasteiger partial charge in [-0.05, 0) is 67.1 Å². The standard InChI is InChI=1S/C27H44O2/c1-17(2)7-6-8-18(3)22-11-12-23-21-10-9-19-15-20(28)16-25(29)27(19,5)24(21)13-14-26(22,23)4/h9-10,17-18,20,22-25,28-29H,6-8,11-16H2,1-5H3/t18-,20-,22?,23+,24+,25+,26-,27+/m1/s1. The van der Waals surface area contributed by atoms with Crippen molar-refractivity contribution < 1.29 is 10.2 Å². The topological polar surface area (TPSA) is 40.5 Å². The van der Waals surface area contributed by atoms with E-state index in [1.807, 2.05) is 0 Å². The van der Waals surface area contributed by atoms with Crippen molar-refractivity contribution in [2.75, 3.05) is 0 Å². The maximum atomic E-state index is 11.0. The molecular weight excluding hydrogens is 356 g/mol. The van der Waals surface area contributed by atoms with E-state index < -0.39 is 6.10 Å². The smallest absolute Gasteiger partial charge is 0.0661 e. The van der Waals surface area contributed by atoms with Gasteiger partial charge in [-0.3, -0.25) is 0 Å². The fourth-order valence-corrected chi connectivity index (χ4v) is 8.07. The van der Waals surface area contributed by atoms with E-state index in [1.54, 1.807) is 5.57 Å². The molecule has 0 aromatic carbocycles. The molecule has 4 aliphatic carbocycles. The molecule has 0 radical (unpaired) electrons. The fraction of sp³-hybridized carbons (Fsp3) is 0.852. The first-order valence-corrected chi connectivity index (χ1v) is 12.4. The molecule has 8 atom stereocenters. The first-order valence-electron chi connectivity index (χ1n) is 12.4. The summed E-state index contributed by atoms with van der Waals surface area (Å²) >= 11 is 0. The largest absolute Gasteiger partial charge is 0.393 e. The van der Waals surface area contributed by atoms with E-state index in [2.05, 4.69) is 46.8 Å². The molecule has 3 fully saturated rings. The maximum Gasteiger partial charge on any atom is 0.0661 e. The van der Waals surface area contributed by atoms with Crippen LogP contribution in [0.25, 0.3) is 0 Å². The number of hydrogen-bond acceptors (Lipinski definition) is 2. The van der Waals surface area contributed by atoms with Crippen molar-refractivity contribution >= 4 is 0 Å². The van der Waals surface area contributed by atoms with E-state index in [9.17, 15) is 10.2 Å². The number of hydrogen-bond donors (Lipinski definition) is 2. The van der Waals surface area contributed by atoms with E-state index in [-0.39, 0.29) is 11.5 Å². The zero-order chi connectivity index (χ0) is 21.0. The van der Waals surface area contributed by atoms with Gasteiger partial charge in [-0.2, -0.15) is 0 Å². The maximum absolute atomic E-state index is 11.0. The van der Waals surface area contributed by atoms with Crippen LogP contribution >= 0.6 is 0 Å². The lowest BCUT2D eigenvalue weighted by molar-refractivity contribution is -0.0544. The van der Waals surface area contributed by atoms with Gasteiger partial charge >= 0.3 is 0 Å². The molecule has 3 saturated carbocycles. The third-order valence-electron chi connectivity index (χ3n) is 9.85. The van der Waals surface area contributed by atoms with Gasteiger partial charge in [0.05, 0.1) is 12.2 Å². The number of fused-ring (bicyclic) bond motifs is 5. The molecule has 1 unspecified atom stereocenters. The molecule has 0 bridgehead atoms. The van der Waals surface area contributed by atoms with Crippen LogP contribution in [0.1, 0.15) is 92.4 Å². The van der Waals surface area contributed by atoms with Gasteiger partial charge in [-0.1, -0.05) is 77.2 Å². The molecular formula is C27H44O2. The van der Waals surface area contributed by atoms with Gasteiger partial charge in [0, 0.05) is 11.8 Å². The van der Waals surface area contributed by atoms with E-state index in [0.29, 0.717) is 23.7 Å². The Kier molecular flexibility index (Phi) is 5.84. The zero-order valence-corrected chi connectivity index (χ0v) is 19.5. The molecule has 0 amide bonds. The van der Waals surface area contributed by atoms with Crippen molar-refractivity contribution in [2.45, 2.75) is 105 Å². The van der Waals surface area contributed by atoms with Gasteiger partial charge in [-0.15, -0.1) is 0 Å². The number of allylic oxidation sites excluding steroid dienone is 3. The van der Waals surface area contributed by atoms with Gasteiger partial charge in [0.1, 0.15) is 0 Å². The van der Waals surface area contributed by atoms with Crippen LogP contribution in [-0.4, -0.2) is 22.4 Å². The highest BCUT2D eigenvalue weighted by atomic mass is 16.3. The molecule has 2 heteroatoms. The Balaban J connectivity index is 1.55. The van der Waals surface area contributed by atoms with E-state index in [1.165, 1.54) is 50.5 Å². The molecule has 2 nitrogen and oxygen atoms in total. The van der Waals surface area contributed by atoms with Crippen molar-refractivity contribution in [1.29, 1.82) is 0 Å². The first kappa shape index (κ1) is 21.6. The third-order valence-corrected chi connectivity index (χ3v) is 9.85. The second-order valence-electron chi connectivity index (χ2n) is 11.9. The lowest BCUT2D eigenvalue weighted by Gasteiger charge is -2.56. The van der Waals surface area contributed by atoms with Crippen LogP contribution in [0.5, 0.6) is 0 Å². The second-order valence-corrected chi connectivity index (χ2v) is 11.9. The first-order chi connectivity index (χ1) is 13.7. The number of aliphatic hydroxyl groups is 2. The fourth-order valence-electron chi connectivity index (χ4n) is 8.07. The Hall–Kier alpha value is -0.600. The minimum atomic E-state index is -0.414. The van der Waals surface area contributed by atoms with Gasteiger partial charge in [-0.25, -0.2) is 0 Å². The van der Waals surface area contributed by atoms with Gasteiger partial charge < -0.3 is 10.2 Å². The summed E-state index contributed by atoms with van der Waals surface area (Å²) in [5.41, 5.74) is 3.20. The van der Waals surface area contributed by atoms with Gasteiger partial charge in [0.2, 0.25) is 0 Å². The Morgan fingerprint density at radius 1 is 1.00 bits per heavy atom. The summed E-state index contributed by atoms with van der Waals surface area (Å²) < 4.78 is 0. The van der Waals surface area contributed by atoms with Crippen LogP contribution in [0.15, 0.2) is 23.3 Å². The summed E-state index contributed by atoms with van der Waals surface area (Å²) in [7, 11) is 0. The molecule has 0 saturated heterocycles. The lowest BCUT2D eigenvalue weighted by atomic mass is 9.49. The van der Waals surface area contributed by atoms with E-state index >= 15 is 0 Å². The molecule has 4 aliphatic rings. The molecule has 164 valence electrons. The molecule has 0 spiro atoms. The lowest BCUT2D eigenvalue weighted by Crippen LogP contribution is -2.52. The van der Waals surface area contributed by atoms with Crippen LogP contribution in [0.2, 0.25) is 0 Å². The SMILES string of the molecule is CC(C)CCC[C@@H](C)C1CC[C@H]2C3=CC=C4C[C@@H](O)C[C@H](O)[C@]4(C)[C@H]3CC[C@]12C.